The highest BCUT2D eigenvalue weighted by Crippen LogP contribution is 2.16. The number of nitrogens with two attached hydrogens (primary N) is 3. The lowest BCUT2D eigenvalue weighted by Gasteiger charge is -2.20. The molecule has 0 unspecified atom stereocenters. The number of amides is 2. The van der Waals surface area contributed by atoms with Gasteiger partial charge in [0.05, 0.1) is 25.0 Å². The van der Waals surface area contributed by atoms with Crippen LogP contribution in [0, 0.1) is 6.92 Å². The summed E-state index contributed by atoms with van der Waals surface area (Å²) in [4.78, 5) is 27.2. The molecule has 0 aliphatic rings. The minimum absolute atomic E-state index is 0.126. The van der Waals surface area contributed by atoms with Crippen LogP contribution < -0.4 is 22.1 Å². The molecule has 0 radical (unpaired) electrons. The Balaban J connectivity index is 2.98. The molecule has 0 bridgehead atoms. The maximum atomic E-state index is 10.9. The molecule has 0 aliphatic heterocycles. The maximum Gasteiger partial charge on any atom is 0.237 e. The Morgan fingerprint density at radius 3 is 2.24 bits per heavy atom. The van der Waals surface area contributed by atoms with E-state index in [0.717, 1.165) is 5.56 Å². The summed E-state index contributed by atoms with van der Waals surface area (Å²) in [6.07, 6.45) is 1.46. The summed E-state index contributed by atoms with van der Waals surface area (Å²) in [7, 11) is 0. The normalized spacial score (nSPS) is 9.94. The molecule has 0 aromatic carbocycles. The van der Waals surface area contributed by atoms with E-state index in [1.165, 1.54) is 11.1 Å². The molecule has 1 aromatic heterocycles. The van der Waals surface area contributed by atoms with Crippen molar-refractivity contribution in [2.45, 2.75) is 6.92 Å². The number of rotatable bonds is 5. The van der Waals surface area contributed by atoms with Gasteiger partial charge in [0.2, 0.25) is 11.8 Å². The van der Waals surface area contributed by atoms with E-state index < -0.39 is 11.8 Å². The number of hydrogen-bond acceptors (Lipinski definition) is 5. The molecule has 1 rings (SSSR count). The van der Waals surface area contributed by atoms with Gasteiger partial charge in [0, 0.05) is 0 Å². The van der Waals surface area contributed by atoms with Gasteiger partial charge in [-0.3, -0.25) is 9.59 Å². The van der Waals surface area contributed by atoms with Gasteiger partial charge in [-0.15, -0.1) is 0 Å². The Bertz CT molecular complexity index is 430. The fraction of sp³-hybridized carbons (Fsp3) is 0.300. The second-order valence-electron chi connectivity index (χ2n) is 3.69. The first-order valence-corrected chi connectivity index (χ1v) is 4.94. The van der Waals surface area contributed by atoms with Crippen molar-refractivity contribution in [3.05, 3.63) is 17.8 Å². The number of nitrogens with zero attached hydrogens (tertiary/aromatic N) is 2. The highest BCUT2D eigenvalue weighted by atomic mass is 16.2. The van der Waals surface area contributed by atoms with Gasteiger partial charge in [0.25, 0.3) is 0 Å². The standard InChI is InChI=1S/C10H15N5O2/c1-6-2-10(14-3-7(6)11)15(4-8(12)16)5-9(13)17/h2-3H,4-5,11H2,1H3,(H2,12,16)(H2,13,17). The van der Waals surface area contributed by atoms with Crippen molar-refractivity contribution in [3.63, 3.8) is 0 Å². The molecular formula is C10H15N5O2. The molecule has 1 heterocycles. The monoisotopic (exact) mass is 237 g/mol. The molecule has 7 nitrogen and oxygen atoms in total. The summed E-state index contributed by atoms with van der Waals surface area (Å²) in [5, 5.41) is 0. The average molecular weight is 237 g/mol. The largest absolute Gasteiger partial charge is 0.397 e. The highest BCUT2D eigenvalue weighted by Gasteiger charge is 2.13. The van der Waals surface area contributed by atoms with E-state index in [1.807, 2.05) is 0 Å². The number of aryl methyl sites for hydroxylation is 1. The number of primary amides is 2. The molecule has 2 amide bonds. The molecule has 92 valence electrons. The third kappa shape index (κ3) is 3.63. The average Bonchev–Trinajstić information content (AvgIpc) is 2.19. The molecule has 0 saturated heterocycles. The zero-order chi connectivity index (χ0) is 13.0. The molecule has 17 heavy (non-hydrogen) atoms. The zero-order valence-corrected chi connectivity index (χ0v) is 9.51. The third-order valence-corrected chi connectivity index (χ3v) is 2.15. The lowest BCUT2D eigenvalue weighted by molar-refractivity contribution is -0.117. The minimum Gasteiger partial charge on any atom is -0.397 e. The Morgan fingerprint density at radius 1 is 1.29 bits per heavy atom. The Kier molecular flexibility index (Phi) is 3.86. The van der Waals surface area contributed by atoms with Gasteiger partial charge in [-0.2, -0.15) is 0 Å². The predicted octanol–water partition coefficient (Wildman–Crippen LogP) is -1.25. The Hall–Kier alpha value is -2.31. The van der Waals surface area contributed by atoms with Crippen LogP contribution in [-0.2, 0) is 9.59 Å². The van der Waals surface area contributed by atoms with Gasteiger partial charge in [-0.25, -0.2) is 4.98 Å². The number of hydrogen-bond donors (Lipinski definition) is 3. The minimum atomic E-state index is -0.567. The fourth-order valence-electron chi connectivity index (χ4n) is 1.32. The van der Waals surface area contributed by atoms with E-state index in [-0.39, 0.29) is 13.1 Å². The first-order chi connectivity index (χ1) is 7.90. The number of anilines is 2. The third-order valence-electron chi connectivity index (χ3n) is 2.15. The summed E-state index contributed by atoms with van der Waals surface area (Å²) in [5.41, 5.74) is 17.1. The van der Waals surface area contributed by atoms with Crippen molar-refractivity contribution in [1.82, 2.24) is 4.98 Å². The molecule has 6 N–H and O–H groups in total. The van der Waals surface area contributed by atoms with Crippen LogP contribution in [0.4, 0.5) is 11.5 Å². The van der Waals surface area contributed by atoms with Gasteiger partial charge in [-0.05, 0) is 18.6 Å². The molecule has 0 fully saturated rings. The van der Waals surface area contributed by atoms with Gasteiger partial charge < -0.3 is 22.1 Å². The van der Waals surface area contributed by atoms with Crippen LogP contribution in [0.1, 0.15) is 5.56 Å². The molecule has 0 atom stereocenters. The first kappa shape index (κ1) is 12.8. The van der Waals surface area contributed by atoms with E-state index in [0.29, 0.717) is 11.5 Å². The molecular weight excluding hydrogens is 222 g/mol. The van der Waals surface area contributed by atoms with Crippen LogP contribution >= 0.6 is 0 Å². The predicted molar refractivity (Wildman–Crippen MR) is 64.0 cm³/mol. The van der Waals surface area contributed by atoms with Crippen molar-refractivity contribution in [3.8, 4) is 0 Å². The lowest BCUT2D eigenvalue weighted by Crippen LogP contribution is -2.40. The second-order valence-corrected chi connectivity index (χ2v) is 3.69. The van der Waals surface area contributed by atoms with Crippen LogP contribution in [0.3, 0.4) is 0 Å². The molecule has 0 saturated carbocycles. The van der Waals surface area contributed by atoms with E-state index in [9.17, 15) is 9.59 Å². The van der Waals surface area contributed by atoms with Crippen molar-refractivity contribution in [2.75, 3.05) is 23.7 Å². The van der Waals surface area contributed by atoms with Crippen LogP contribution in [-0.4, -0.2) is 29.9 Å². The van der Waals surface area contributed by atoms with Crippen LogP contribution in [0.2, 0.25) is 0 Å². The van der Waals surface area contributed by atoms with Crippen molar-refractivity contribution < 1.29 is 9.59 Å². The van der Waals surface area contributed by atoms with Crippen molar-refractivity contribution in [1.29, 1.82) is 0 Å². The summed E-state index contributed by atoms with van der Waals surface area (Å²) >= 11 is 0. The fourth-order valence-corrected chi connectivity index (χ4v) is 1.32. The summed E-state index contributed by atoms with van der Waals surface area (Å²) in [5.74, 6) is -0.695. The van der Waals surface area contributed by atoms with Gasteiger partial charge in [0.1, 0.15) is 5.82 Å². The van der Waals surface area contributed by atoms with Crippen molar-refractivity contribution in [2.24, 2.45) is 11.5 Å². The van der Waals surface area contributed by atoms with Gasteiger partial charge in [0.15, 0.2) is 0 Å². The summed E-state index contributed by atoms with van der Waals surface area (Å²) in [6.45, 7) is 1.55. The zero-order valence-electron chi connectivity index (χ0n) is 9.51. The summed E-state index contributed by atoms with van der Waals surface area (Å²) in [6, 6.07) is 1.67. The molecule has 0 aliphatic carbocycles. The highest BCUT2D eigenvalue weighted by molar-refractivity contribution is 5.84. The molecule has 1 aromatic rings. The first-order valence-electron chi connectivity index (χ1n) is 4.94. The van der Waals surface area contributed by atoms with E-state index in [1.54, 1.807) is 13.0 Å². The van der Waals surface area contributed by atoms with Crippen molar-refractivity contribution >= 4 is 23.3 Å². The number of carbonyl (C=O) groups excluding carboxylic acids is 2. The maximum absolute atomic E-state index is 10.9. The number of carbonyl (C=O) groups is 2. The lowest BCUT2D eigenvalue weighted by atomic mass is 10.2. The van der Waals surface area contributed by atoms with E-state index in [4.69, 9.17) is 17.2 Å². The Morgan fingerprint density at radius 2 is 1.82 bits per heavy atom. The smallest absolute Gasteiger partial charge is 0.237 e. The number of nitrogen functional groups attached to an aromatic ring is 1. The Labute approximate surface area is 98.6 Å². The van der Waals surface area contributed by atoms with Crippen LogP contribution in [0.5, 0.6) is 0 Å². The van der Waals surface area contributed by atoms with E-state index in [2.05, 4.69) is 4.98 Å². The topological polar surface area (TPSA) is 128 Å². The molecule has 0 spiro atoms. The van der Waals surface area contributed by atoms with E-state index >= 15 is 0 Å². The quantitative estimate of drug-likeness (QED) is 0.589. The summed E-state index contributed by atoms with van der Waals surface area (Å²) < 4.78 is 0. The molecule has 7 heteroatoms. The SMILES string of the molecule is Cc1cc(N(CC(N)=O)CC(N)=O)ncc1N. The second kappa shape index (κ2) is 5.15. The number of pyridine rings is 1. The van der Waals surface area contributed by atoms with Crippen LogP contribution in [0.25, 0.3) is 0 Å². The van der Waals surface area contributed by atoms with Crippen LogP contribution in [0.15, 0.2) is 12.3 Å². The van der Waals surface area contributed by atoms with Gasteiger partial charge in [-0.1, -0.05) is 0 Å². The number of aromatic nitrogens is 1. The van der Waals surface area contributed by atoms with Gasteiger partial charge >= 0.3 is 0 Å².